The summed E-state index contributed by atoms with van der Waals surface area (Å²) in [6.45, 7) is 1.34. The maximum absolute atomic E-state index is 11.0. The number of aromatic nitrogens is 2. The zero-order valence-corrected chi connectivity index (χ0v) is 13.4. The molecule has 2 N–H and O–H groups in total. The minimum absolute atomic E-state index is 0.0572. The van der Waals surface area contributed by atoms with Crippen LogP contribution in [0.1, 0.15) is 21.6 Å². The van der Waals surface area contributed by atoms with Crippen molar-refractivity contribution in [3.8, 4) is 0 Å². The van der Waals surface area contributed by atoms with E-state index in [0.717, 1.165) is 12.0 Å². The van der Waals surface area contributed by atoms with Crippen LogP contribution in [-0.2, 0) is 21.5 Å². The highest BCUT2D eigenvalue weighted by atomic mass is 16.5. The van der Waals surface area contributed by atoms with Crippen LogP contribution in [0.4, 0.5) is 5.95 Å². The minimum atomic E-state index is -1.09. The molecule has 126 valence electrons. The molecule has 2 heterocycles. The van der Waals surface area contributed by atoms with Crippen LogP contribution in [0.2, 0.25) is 0 Å². The number of fused-ring (bicyclic) bond motifs is 1. The Morgan fingerprint density at radius 1 is 1.42 bits per heavy atom. The molecule has 0 amide bonds. The number of rotatable bonds is 6. The van der Waals surface area contributed by atoms with Gasteiger partial charge in [-0.05, 0) is 23.6 Å². The smallest absolute Gasteiger partial charge is 0.354 e. The number of benzene rings is 1. The first-order valence-corrected chi connectivity index (χ1v) is 7.66. The first-order chi connectivity index (χ1) is 11.6. The lowest BCUT2D eigenvalue weighted by Gasteiger charge is -2.38. The number of methoxy groups -OCH3 is 1. The van der Waals surface area contributed by atoms with E-state index in [2.05, 4.69) is 21.4 Å². The fourth-order valence-corrected chi connectivity index (χ4v) is 2.95. The molecule has 1 atom stereocenters. The molecule has 1 aromatic carbocycles. The van der Waals surface area contributed by atoms with Crippen molar-refractivity contribution in [1.82, 2.24) is 9.97 Å². The second-order valence-electron chi connectivity index (χ2n) is 5.61. The third-order valence-electron chi connectivity index (χ3n) is 4.04. The third kappa shape index (κ3) is 3.22. The lowest BCUT2D eigenvalue weighted by Crippen LogP contribution is -2.45. The van der Waals surface area contributed by atoms with Gasteiger partial charge in [0, 0.05) is 13.3 Å². The maximum Gasteiger partial charge on any atom is 0.354 e. The van der Waals surface area contributed by atoms with Gasteiger partial charge in [0.15, 0.2) is 5.69 Å². The molecule has 0 spiro atoms. The Balaban J connectivity index is 1.85. The monoisotopic (exact) mass is 329 g/mol. The number of anilines is 1. The van der Waals surface area contributed by atoms with E-state index in [-0.39, 0.29) is 11.6 Å². The molecule has 1 aliphatic rings. The Morgan fingerprint density at radius 2 is 2.25 bits per heavy atom. The zero-order chi connectivity index (χ0) is 17.0. The standard InChI is InChI=1S/C17H19N3O4/c1-23-11-17(13-5-3-2-4-12(13)7-9-24-17)10-19-16-18-8-6-14(20-16)15(21)22/h2-6,8H,7,9-11H2,1H3,(H,21,22)(H,18,19,20). The van der Waals surface area contributed by atoms with Crippen molar-refractivity contribution in [3.63, 3.8) is 0 Å². The molecule has 0 aliphatic carbocycles. The van der Waals surface area contributed by atoms with E-state index >= 15 is 0 Å². The second-order valence-corrected chi connectivity index (χ2v) is 5.61. The van der Waals surface area contributed by atoms with Crippen molar-refractivity contribution >= 4 is 11.9 Å². The molecule has 2 aromatic rings. The summed E-state index contributed by atoms with van der Waals surface area (Å²) in [4.78, 5) is 19.1. The van der Waals surface area contributed by atoms with Crippen LogP contribution < -0.4 is 5.32 Å². The molecule has 0 saturated heterocycles. The lowest BCUT2D eigenvalue weighted by molar-refractivity contribution is -0.0937. The van der Waals surface area contributed by atoms with Crippen molar-refractivity contribution in [2.24, 2.45) is 0 Å². The van der Waals surface area contributed by atoms with E-state index in [0.29, 0.717) is 19.8 Å². The predicted octanol–water partition coefficient (Wildman–Crippen LogP) is 1.70. The molecule has 0 saturated carbocycles. The molecule has 3 rings (SSSR count). The molecular weight excluding hydrogens is 310 g/mol. The van der Waals surface area contributed by atoms with Crippen LogP contribution in [0, 0.1) is 0 Å². The number of carbonyl (C=O) groups is 1. The van der Waals surface area contributed by atoms with Crippen LogP contribution in [0.5, 0.6) is 0 Å². The van der Waals surface area contributed by atoms with E-state index in [9.17, 15) is 4.79 Å². The van der Waals surface area contributed by atoms with E-state index in [1.807, 2.05) is 18.2 Å². The second kappa shape index (κ2) is 6.94. The Kier molecular flexibility index (Phi) is 4.73. The first kappa shape index (κ1) is 16.4. The predicted molar refractivity (Wildman–Crippen MR) is 87.1 cm³/mol. The third-order valence-corrected chi connectivity index (χ3v) is 4.04. The summed E-state index contributed by atoms with van der Waals surface area (Å²) >= 11 is 0. The molecule has 1 unspecified atom stereocenters. The summed E-state index contributed by atoms with van der Waals surface area (Å²) in [6.07, 6.45) is 2.27. The maximum atomic E-state index is 11.0. The zero-order valence-electron chi connectivity index (χ0n) is 13.4. The average molecular weight is 329 g/mol. The number of carboxylic acids is 1. The van der Waals surface area contributed by atoms with Crippen molar-refractivity contribution < 1.29 is 19.4 Å². The van der Waals surface area contributed by atoms with E-state index in [4.69, 9.17) is 14.6 Å². The SMILES string of the molecule is COCC1(CNc2nccc(C(=O)O)n2)OCCc2ccccc21. The molecule has 0 fully saturated rings. The molecule has 7 heteroatoms. The molecule has 1 aliphatic heterocycles. The van der Waals surface area contributed by atoms with Crippen molar-refractivity contribution in [2.45, 2.75) is 12.0 Å². The van der Waals surface area contributed by atoms with Gasteiger partial charge in [-0.1, -0.05) is 24.3 Å². The van der Waals surface area contributed by atoms with Crippen molar-refractivity contribution in [2.75, 3.05) is 32.2 Å². The van der Waals surface area contributed by atoms with Crippen LogP contribution in [0.15, 0.2) is 36.5 Å². The van der Waals surface area contributed by atoms with Gasteiger partial charge in [0.1, 0.15) is 5.60 Å². The van der Waals surface area contributed by atoms with Gasteiger partial charge < -0.3 is 19.9 Å². The van der Waals surface area contributed by atoms with E-state index < -0.39 is 11.6 Å². The number of nitrogens with one attached hydrogen (secondary N) is 1. The number of aromatic carboxylic acids is 1. The fraction of sp³-hybridized carbons (Fsp3) is 0.353. The lowest BCUT2D eigenvalue weighted by atomic mass is 9.86. The molecule has 1 aromatic heterocycles. The number of ether oxygens (including phenoxy) is 2. The van der Waals surface area contributed by atoms with Crippen LogP contribution in [-0.4, -0.2) is 47.9 Å². The first-order valence-electron chi connectivity index (χ1n) is 7.66. The number of hydrogen-bond acceptors (Lipinski definition) is 6. The topological polar surface area (TPSA) is 93.6 Å². The highest BCUT2D eigenvalue weighted by Gasteiger charge is 2.38. The van der Waals surface area contributed by atoms with Crippen molar-refractivity contribution in [3.05, 3.63) is 53.3 Å². The number of hydrogen-bond donors (Lipinski definition) is 2. The van der Waals surface area contributed by atoms with E-state index in [1.54, 1.807) is 7.11 Å². The van der Waals surface area contributed by atoms with Gasteiger partial charge in [-0.15, -0.1) is 0 Å². The Bertz CT molecular complexity index is 737. The Labute approximate surface area is 139 Å². The number of nitrogens with zero attached hydrogens (tertiary/aromatic N) is 2. The molecule has 0 radical (unpaired) electrons. The molecular formula is C17H19N3O4. The van der Waals surface area contributed by atoms with Gasteiger partial charge in [-0.2, -0.15) is 0 Å². The fourth-order valence-electron chi connectivity index (χ4n) is 2.95. The van der Waals surface area contributed by atoms with Crippen LogP contribution in [0.3, 0.4) is 0 Å². The largest absolute Gasteiger partial charge is 0.477 e. The summed E-state index contributed by atoms with van der Waals surface area (Å²) in [7, 11) is 1.63. The molecule has 7 nitrogen and oxygen atoms in total. The van der Waals surface area contributed by atoms with Crippen molar-refractivity contribution in [1.29, 1.82) is 0 Å². The van der Waals surface area contributed by atoms with Gasteiger partial charge in [-0.3, -0.25) is 0 Å². The number of carboxylic acid groups (broad SMARTS) is 1. The van der Waals surface area contributed by atoms with Gasteiger partial charge >= 0.3 is 5.97 Å². The Morgan fingerprint density at radius 3 is 3.04 bits per heavy atom. The van der Waals surface area contributed by atoms with Gasteiger partial charge in [-0.25, -0.2) is 14.8 Å². The average Bonchev–Trinajstić information content (AvgIpc) is 2.61. The van der Waals surface area contributed by atoms with Crippen LogP contribution in [0.25, 0.3) is 0 Å². The van der Waals surface area contributed by atoms with Gasteiger partial charge in [0.25, 0.3) is 0 Å². The summed E-state index contributed by atoms with van der Waals surface area (Å²) < 4.78 is 11.5. The summed E-state index contributed by atoms with van der Waals surface area (Å²) in [5.74, 6) is -0.844. The van der Waals surface area contributed by atoms with Crippen LogP contribution >= 0.6 is 0 Å². The Hall–Kier alpha value is -2.51. The van der Waals surface area contributed by atoms with E-state index in [1.165, 1.54) is 17.8 Å². The summed E-state index contributed by atoms with van der Waals surface area (Å²) in [5.41, 5.74) is 1.58. The molecule has 24 heavy (non-hydrogen) atoms. The summed E-state index contributed by atoms with van der Waals surface area (Å²) in [6, 6.07) is 9.45. The summed E-state index contributed by atoms with van der Waals surface area (Å²) in [5, 5.41) is 12.1. The molecule has 0 bridgehead atoms. The van der Waals surface area contributed by atoms with Gasteiger partial charge in [0.05, 0.1) is 19.8 Å². The highest BCUT2D eigenvalue weighted by Crippen LogP contribution is 2.33. The quantitative estimate of drug-likeness (QED) is 0.833. The minimum Gasteiger partial charge on any atom is -0.477 e. The van der Waals surface area contributed by atoms with Gasteiger partial charge in [0.2, 0.25) is 5.95 Å². The highest BCUT2D eigenvalue weighted by molar-refractivity contribution is 5.85. The normalized spacial score (nSPS) is 19.5.